The van der Waals surface area contributed by atoms with E-state index in [1.807, 2.05) is 12.1 Å². The van der Waals surface area contributed by atoms with Crippen LogP contribution < -0.4 is 0 Å². The molecule has 4 heteroatoms. The fourth-order valence-electron chi connectivity index (χ4n) is 1.38. The molecular formula is C11H13NO3. The molecule has 2 aromatic heterocycles. The zero-order chi connectivity index (χ0) is 10.7. The highest BCUT2D eigenvalue weighted by Gasteiger charge is 2.08. The number of oxazole rings is 1. The van der Waals surface area contributed by atoms with Gasteiger partial charge in [0.15, 0.2) is 0 Å². The fourth-order valence-corrected chi connectivity index (χ4v) is 1.38. The van der Waals surface area contributed by atoms with Crippen molar-refractivity contribution in [1.82, 2.24) is 4.98 Å². The zero-order valence-corrected chi connectivity index (χ0v) is 8.51. The molecule has 1 atom stereocenters. The Morgan fingerprint density at radius 1 is 1.47 bits per heavy atom. The molecule has 15 heavy (non-hydrogen) atoms. The maximum atomic E-state index is 9.17. The van der Waals surface area contributed by atoms with E-state index >= 15 is 0 Å². The van der Waals surface area contributed by atoms with Gasteiger partial charge in [-0.1, -0.05) is 0 Å². The smallest absolute Gasteiger partial charge is 0.201 e. The Hall–Kier alpha value is -1.55. The summed E-state index contributed by atoms with van der Waals surface area (Å²) in [4.78, 5) is 4.11. The van der Waals surface area contributed by atoms with E-state index < -0.39 is 6.10 Å². The molecule has 0 saturated heterocycles. The van der Waals surface area contributed by atoms with Crippen LogP contribution in [0.2, 0.25) is 0 Å². The third-order valence-corrected chi connectivity index (χ3v) is 2.00. The first-order chi connectivity index (χ1) is 7.24. The summed E-state index contributed by atoms with van der Waals surface area (Å²) in [6.45, 7) is 1.72. The summed E-state index contributed by atoms with van der Waals surface area (Å²) in [5.74, 6) is 2.13. The number of rotatable bonds is 4. The highest BCUT2D eigenvalue weighted by molar-refractivity contribution is 5.06. The summed E-state index contributed by atoms with van der Waals surface area (Å²) in [5.41, 5.74) is 0. The van der Waals surface area contributed by atoms with E-state index in [9.17, 15) is 0 Å². The predicted octanol–water partition coefficient (Wildman–Crippen LogP) is 1.78. The molecule has 0 aromatic carbocycles. The first-order valence-electron chi connectivity index (χ1n) is 4.88. The van der Waals surface area contributed by atoms with Gasteiger partial charge in [0.2, 0.25) is 5.89 Å². The molecule has 0 saturated carbocycles. The average Bonchev–Trinajstić information content (AvgIpc) is 2.77. The van der Waals surface area contributed by atoms with E-state index in [2.05, 4.69) is 4.98 Å². The van der Waals surface area contributed by atoms with Crippen LogP contribution in [0.15, 0.2) is 33.4 Å². The van der Waals surface area contributed by atoms with Gasteiger partial charge in [-0.25, -0.2) is 4.98 Å². The van der Waals surface area contributed by atoms with Crippen LogP contribution in [-0.2, 0) is 12.8 Å². The Balaban J connectivity index is 2.01. The van der Waals surface area contributed by atoms with Crippen molar-refractivity contribution in [1.29, 1.82) is 0 Å². The average molecular weight is 207 g/mol. The van der Waals surface area contributed by atoms with Gasteiger partial charge in [0, 0.05) is 6.42 Å². The molecule has 1 unspecified atom stereocenters. The van der Waals surface area contributed by atoms with Crippen molar-refractivity contribution in [2.45, 2.75) is 25.9 Å². The van der Waals surface area contributed by atoms with Gasteiger partial charge < -0.3 is 13.9 Å². The summed E-state index contributed by atoms with van der Waals surface area (Å²) >= 11 is 0. The molecule has 0 bridgehead atoms. The van der Waals surface area contributed by atoms with Crippen LogP contribution in [0.1, 0.15) is 24.3 Å². The number of aliphatic hydroxyl groups excluding tert-OH is 1. The number of hydrogen-bond donors (Lipinski definition) is 1. The van der Waals surface area contributed by atoms with Crippen molar-refractivity contribution in [2.24, 2.45) is 0 Å². The second-order valence-electron chi connectivity index (χ2n) is 3.53. The number of nitrogens with zero attached hydrogens (tertiary/aromatic N) is 1. The van der Waals surface area contributed by atoms with Crippen molar-refractivity contribution in [3.05, 3.63) is 42.0 Å². The van der Waals surface area contributed by atoms with Crippen molar-refractivity contribution < 1.29 is 13.9 Å². The first kappa shape index (κ1) is 9.98. The lowest BCUT2D eigenvalue weighted by atomic mass is 10.2. The van der Waals surface area contributed by atoms with Gasteiger partial charge >= 0.3 is 0 Å². The minimum atomic E-state index is -0.408. The quantitative estimate of drug-likeness (QED) is 0.830. The summed E-state index contributed by atoms with van der Waals surface area (Å²) in [5, 5.41) is 9.17. The van der Waals surface area contributed by atoms with E-state index in [0.29, 0.717) is 24.5 Å². The van der Waals surface area contributed by atoms with Crippen LogP contribution in [0.3, 0.4) is 0 Å². The first-order valence-corrected chi connectivity index (χ1v) is 4.88. The van der Waals surface area contributed by atoms with Gasteiger partial charge in [0.05, 0.1) is 25.0 Å². The number of aliphatic hydroxyl groups is 1. The fraction of sp³-hybridized carbons (Fsp3) is 0.364. The lowest BCUT2D eigenvalue weighted by molar-refractivity contribution is 0.186. The van der Waals surface area contributed by atoms with Crippen LogP contribution in [0, 0.1) is 0 Å². The molecule has 0 radical (unpaired) electrons. The van der Waals surface area contributed by atoms with Crippen LogP contribution in [0.4, 0.5) is 0 Å². The Labute approximate surface area is 87.6 Å². The summed E-state index contributed by atoms with van der Waals surface area (Å²) in [7, 11) is 0. The van der Waals surface area contributed by atoms with Crippen molar-refractivity contribution in [3.63, 3.8) is 0 Å². The molecule has 80 valence electrons. The van der Waals surface area contributed by atoms with E-state index in [-0.39, 0.29) is 0 Å². The second-order valence-corrected chi connectivity index (χ2v) is 3.53. The van der Waals surface area contributed by atoms with Crippen molar-refractivity contribution in [3.8, 4) is 0 Å². The normalized spacial score (nSPS) is 12.9. The highest BCUT2D eigenvalue weighted by Crippen LogP contribution is 2.11. The van der Waals surface area contributed by atoms with E-state index in [1.54, 1.807) is 19.4 Å². The molecule has 2 aromatic rings. The van der Waals surface area contributed by atoms with Gasteiger partial charge in [-0.05, 0) is 19.1 Å². The molecule has 0 amide bonds. The minimum Gasteiger partial charge on any atom is -0.469 e. The van der Waals surface area contributed by atoms with E-state index in [4.69, 9.17) is 13.9 Å². The van der Waals surface area contributed by atoms with Crippen molar-refractivity contribution >= 4 is 0 Å². The van der Waals surface area contributed by atoms with E-state index in [1.165, 1.54) is 0 Å². The Kier molecular flexibility index (Phi) is 2.87. The molecule has 0 spiro atoms. The second kappa shape index (κ2) is 4.31. The highest BCUT2D eigenvalue weighted by atomic mass is 16.4. The summed E-state index contributed by atoms with van der Waals surface area (Å²) in [6.07, 6.45) is 3.90. The Bertz CT molecular complexity index is 403. The van der Waals surface area contributed by atoms with Crippen LogP contribution in [-0.4, -0.2) is 16.2 Å². The Morgan fingerprint density at radius 3 is 3.00 bits per heavy atom. The number of furan rings is 1. The molecule has 1 N–H and O–H groups in total. The molecule has 0 fully saturated rings. The maximum Gasteiger partial charge on any atom is 0.201 e. The maximum absolute atomic E-state index is 9.17. The molecule has 2 rings (SSSR count). The molecule has 0 aliphatic carbocycles. The lowest BCUT2D eigenvalue weighted by Crippen LogP contribution is -2.02. The van der Waals surface area contributed by atoms with Gasteiger partial charge in [-0.3, -0.25) is 0 Å². The zero-order valence-electron chi connectivity index (χ0n) is 8.51. The van der Waals surface area contributed by atoms with E-state index in [0.717, 1.165) is 5.76 Å². The predicted molar refractivity (Wildman–Crippen MR) is 53.4 cm³/mol. The molecule has 0 aliphatic heterocycles. The summed E-state index contributed by atoms with van der Waals surface area (Å²) < 4.78 is 10.6. The summed E-state index contributed by atoms with van der Waals surface area (Å²) in [6, 6.07) is 3.70. The van der Waals surface area contributed by atoms with Gasteiger partial charge in [0.25, 0.3) is 0 Å². The van der Waals surface area contributed by atoms with Crippen LogP contribution in [0.25, 0.3) is 0 Å². The van der Waals surface area contributed by atoms with Gasteiger partial charge in [-0.15, -0.1) is 0 Å². The van der Waals surface area contributed by atoms with Gasteiger partial charge in [0.1, 0.15) is 11.5 Å². The third-order valence-electron chi connectivity index (χ3n) is 2.00. The Morgan fingerprint density at radius 2 is 2.33 bits per heavy atom. The van der Waals surface area contributed by atoms with Crippen LogP contribution in [0.5, 0.6) is 0 Å². The standard InChI is InChI=1S/C11H13NO3/c1-8(13)5-10-7-12-11(15-10)6-9-3-2-4-14-9/h2-4,7-8,13H,5-6H2,1H3. The molecule has 4 nitrogen and oxygen atoms in total. The third kappa shape index (κ3) is 2.70. The molecule has 0 aliphatic rings. The molecule has 2 heterocycles. The topological polar surface area (TPSA) is 59.4 Å². The van der Waals surface area contributed by atoms with Crippen LogP contribution >= 0.6 is 0 Å². The SMILES string of the molecule is CC(O)Cc1cnc(Cc2ccco2)o1. The molecular weight excluding hydrogens is 194 g/mol. The lowest BCUT2D eigenvalue weighted by Gasteiger charge is -1.98. The van der Waals surface area contributed by atoms with Gasteiger partial charge in [-0.2, -0.15) is 0 Å². The number of aromatic nitrogens is 1. The monoisotopic (exact) mass is 207 g/mol. The van der Waals surface area contributed by atoms with Crippen molar-refractivity contribution in [2.75, 3.05) is 0 Å². The minimum absolute atomic E-state index is 0.408. The number of hydrogen-bond acceptors (Lipinski definition) is 4. The largest absolute Gasteiger partial charge is 0.469 e.